The summed E-state index contributed by atoms with van der Waals surface area (Å²) in [6, 6.07) is 10.6. The van der Waals surface area contributed by atoms with E-state index in [1.165, 1.54) is 16.3 Å². The van der Waals surface area contributed by atoms with Crippen LogP contribution in [0.25, 0.3) is 5.69 Å². The number of ether oxygens (including phenoxy) is 1. The molecule has 0 N–H and O–H groups in total. The van der Waals surface area contributed by atoms with Gasteiger partial charge in [-0.05, 0) is 76.6 Å². The number of fused-ring (bicyclic) bond motifs is 5. The number of aromatic nitrogens is 3. The molecule has 0 saturated heterocycles. The number of phosphoric ester groups is 1. The van der Waals surface area contributed by atoms with Gasteiger partial charge in [0.15, 0.2) is 5.78 Å². The number of carbonyl (C=O) groups is 1. The molecule has 0 fully saturated rings. The van der Waals surface area contributed by atoms with Crippen LogP contribution >= 0.6 is 7.82 Å². The van der Waals surface area contributed by atoms with Crippen molar-refractivity contribution in [1.82, 2.24) is 13.9 Å². The molecule has 2 aromatic carbocycles. The third kappa shape index (κ3) is 4.60. The second-order valence-electron chi connectivity index (χ2n) is 9.68. The third-order valence-corrected chi connectivity index (χ3v) is 8.33. The highest BCUT2D eigenvalue weighted by molar-refractivity contribution is 7.48. The van der Waals surface area contributed by atoms with Gasteiger partial charge >= 0.3 is 19.2 Å². The number of hydrogen-bond donors (Lipinski definition) is 0. The van der Waals surface area contributed by atoms with E-state index in [9.17, 15) is 18.9 Å². The average molecular weight is 556 g/mol. The highest BCUT2D eigenvalue weighted by Crippen LogP contribution is 2.52. The number of rotatable bonds is 8. The van der Waals surface area contributed by atoms with Crippen molar-refractivity contribution in [2.45, 2.75) is 52.8 Å². The number of nitrogens with zero attached hydrogens (tertiary/aromatic N) is 3. The second-order valence-corrected chi connectivity index (χ2v) is 11.3. The SMILES string of the molecule is CCOP(=O)(OCC)Oc1ccc2c(c1)OC(C)(C)C1=CCn3c(=O)n(-c4ccc(C(C)=O)cc4)c(=O)n3C12. The smallest absolute Gasteiger partial charge is 0.483 e. The highest BCUT2D eigenvalue weighted by Gasteiger charge is 2.44. The van der Waals surface area contributed by atoms with Gasteiger partial charge in [0.25, 0.3) is 0 Å². The summed E-state index contributed by atoms with van der Waals surface area (Å²) >= 11 is 0. The van der Waals surface area contributed by atoms with E-state index in [-0.39, 0.29) is 31.3 Å². The van der Waals surface area contributed by atoms with E-state index in [2.05, 4.69) is 0 Å². The molecule has 0 spiro atoms. The molecule has 0 aliphatic carbocycles. The third-order valence-electron chi connectivity index (χ3n) is 6.75. The minimum atomic E-state index is -3.84. The van der Waals surface area contributed by atoms with Crippen molar-refractivity contribution >= 4 is 13.6 Å². The lowest BCUT2D eigenvalue weighted by molar-refractivity contribution is 0.101. The van der Waals surface area contributed by atoms with Crippen molar-refractivity contribution in [3.05, 3.63) is 86.2 Å². The summed E-state index contributed by atoms with van der Waals surface area (Å²) < 4.78 is 39.3. The first-order valence-corrected chi connectivity index (χ1v) is 14.1. The van der Waals surface area contributed by atoms with Gasteiger partial charge in [0.05, 0.1) is 25.4 Å². The highest BCUT2D eigenvalue weighted by atomic mass is 31.2. The molecular weight excluding hydrogens is 525 g/mol. The monoisotopic (exact) mass is 555 g/mol. The number of benzene rings is 2. The molecule has 39 heavy (non-hydrogen) atoms. The molecule has 11 nitrogen and oxygen atoms in total. The molecule has 1 atom stereocenters. The van der Waals surface area contributed by atoms with Gasteiger partial charge in [0.2, 0.25) is 0 Å². The molecule has 0 bridgehead atoms. The van der Waals surface area contributed by atoms with Gasteiger partial charge in [-0.15, -0.1) is 0 Å². The molecule has 0 saturated carbocycles. The standard InChI is InChI=1S/C27H30N3O8P/c1-6-35-39(34,36-7-2)38-20-12-13-21-23(16-20)37-27(4,5)22-14-15-28-25(32)29(26(33)30(28)24(21)22)19-10-8-18(9-11-19)17(3)31/h8-14,16,24H,6-7,15H2,1-5H3. The van der Waals surface area contributed by atoms with Crippen molar-refractivity contribution in [2.24, 2.45) is 0 Å². The van der Waals surface area contributed by atoms with Gasteiger partial charge < -0.3 is 9.26 Å². The number of Topliss-reactive ketones (excluding diaryl/α,β-unsaturated/α-hetero) is 1. The van der Waals surface area contributed by atoms with Gasteiger partial charge in [-0.25, -0.2) is 28.1 Å². The van der Waals surface area contributed by atoms with Crippen LogP contribution in [0.1, 0.15) is 56.6 Å². The van der Waals surface area contributed by atoms with Crippen molar-refractivity contribution in [3.8, 4) is 17.2 Å². The Bertz CT molecular complexity index is 1630. The topological polar surface area (TPSA) is 120 Å². The molecule has 0 radical (unpaired) electrons. The normalized spacial score (nSPS) is 17.4. The van der Waals surface area contributed by atoms with Gasteiger partial charge in [-0.3, -0.25) is 13.8 Å². The van der Waals surface area contributed by atoms with Crippen LogP contribution in [-0.2, 0) is 20.2 Å². The van der Waals surface area contributed by atoms with Gasteiger partial charge in [0.1, 0.15) is 23.1 Å². The first kappa shape index (κ1) is 26.9. The molecule has 12 heteroatoms. The Balaban J connectivity index is 1.62. The average Bonchev–Trinajstić information content (AvgIpc) is 3.13. The van der Waals surface area contributed by atoms with E-state index in [1.54, 1.807) is 56.3 Å². The van der Waals surface area contributed by atoms with Crippen LogP contribution in [0.2, 0.25) is 0 Å². The molecule has 1 aromatic heterocycles. The van der Waals surface area contributed by atoms with E-state index in [1.807, 2.05) is 19.9 Å². The van der Waals surface area contributed by atoms with Crippen LogP contribution in [0.15, 0.2) is 63.7 Å². The molecule has 0 amide bonds. The lowest BCUT2D eigenvalue weighted by atomic mass is 9.83. The largest absolute Gasteiger partial charge is 0.530 e. The molecule has 2 aliphatic rings. The van der Waals surface area contributed by atoms with E-state index in [0.717, 1.165) is 10.1 Å². The fraction of sp³-hybridized carbons (Fsp3) is 0.370. The first-order valence-electron chi connectivity index (χ1n) is 12.7. The Morgan fingerprint density at radius 3 is 2.33 bits per heavy atom. The predicted octanol–water partition coefficient (Wildman–Crippen LogP) is 4.26. The minimum Gasteiger partial charge on any atom is -0.483 e. The van der Waals surface area contributed by atoms with E-state index in [4.69, 9.17) is 18.3 Å². The molecule has 5 rings (SSSR count). The van der Waals surface area contributed by atoms with Crippen LogP contribution in [-0.4, -0.2) is 38.5 Å². The quantitative estimate of drug-likeness (QED) is 0.230. The van der Waals surface area contributed by atoms with Crippen molar-refractivity contribution < 1.29 is 27.7 Å². The van der Waals surface area contributed by atoms with Gasteiger partial charge in [-0.1, -0.05) is 6.08 Å². The first-order chi connectivity index (χ1) is 18.5. The predicted molar refractivity (Wildman–Crippen MR) is 143 cm³/mol. The fourth-order valence-corrected chi connectivity index (χ4v) is 6.22. The number of carbonyl (C=O) groups excluding carboxylic acids is 1. The molecule has 206 valence electrons. The second kappa shape index (κ2) is 9.82. The van der Waals surface area contributed by atoms with Crippen LogP contribution in [0.4, 0.5) is 0 Å². The van der Waals surface area contributed by atoms with Crippen molar-refractivity contribution in [3.63, 3.8) is 0 Å². The summed E-state index contributed by atoms with van der Waals surface area (Å²) in [5, 5.41) is 0. The van der Waals surface area contributed by atoms with Gasteiger partial charge in [-0.2, -0.15) is 0 Å². The maximum Gasteiger partial charge on any atom is 0.530 e. The number of phosphoric acid groups is 1. The Morgan fingerprint density at radius 2 is 1.72 bits per heavy atom. The molecular formula is C27H30N3O8P. The maximum absolute atomic E-state index is 13.8. The zero-order valence-corrected chi connectivity index (χ0v) is 23.3. The minimum absolute atomic E-state index is 0.112. The Morgan fingerprint density at radius 1 is 1.05 bits per heavy atom. The summed E-state index contributed by atoms with van der Waals surface area (Å²) in [7, 11) is -3.84. The van der Waals surface area contributed by atoms with Crippen molar-refractivity contribution in [2.75, 3.05) is 13.2 Å². The molecule has 3 aromatic rings. The zero-order valence-electron chi connectivity index (χ0n) is 22.4. The molecule has 2 aliphatic heterocycles. The maximum atomic E-state index is 13.8. The summed E-state index contributed by atoms with van der Waals surface area (Å²) in [6.45, 7) is 9.04. The van der Waals surface area contributed by atoms with E-state index < -0.39 is 30.8 Å². The Hall–Kier alpha value is -3.66. The number of hydrogen-bond acceptors (Lipinski definition) is 8. The summed E-state index contributed by atoms with van der Waals surface area (Å²) in [5.74, 6) is 0.510. The summed E-state index contributed by atoms with van der Waals surface area (Å²) in [6.07, 6.45) is 1.90. The van der Waals surface area contributed by atoms with E-state index >= 15 is 0 Å². The van der Waals surface area contributed by atoms with E-state index in [0.29, 0.717) is 22.6 Å². The fourth-order valence-electron chi connectivity index (χ4n) is 5.03. The molecule has 1 unspecified atom stereocenters. The number of allylic oxidation sites excluding steroid dienone is 1. The van der Waals surface area contributed by atoms with Crippen LogP contribution in [0, 0.1) is 0 Å². The van der Waals surface area contributed by atoms with Gasteiger partial charge in [0, 0.05) is 17.2 Å². The summed E-state index contributed by atoms with van der Waals surface area (Å²) in [4.78, 5) is 38.9. The van der Waals surface area contributed by atoms with Crippen LogP contribution < -0.4 is 20.6 Å². The Labute approximate surface area is 224 Å². The lowest BCUT2D eigenvalue weighted by Gasteiger charge is -2.42. The zero-order chi connectivity index (χ0) is 28.1. The van der Waals surface area contributed by atoms with Crippen LogP contribution in [0.3, 0.4) is 0 Å². The number of ketones is 1. The van der Waals surface area contributed by atoms with Crippen molar-refractivity contribution in [1.29, 1.82) is 0 Å². The Kier molecular flexibility index (Phi) is 6.78. The lowest BCUT2D eigenvalue weighted by Crippen LogP contribution is -2.46. The molecule has 3 heterocycles. The summed E-state index contributed by atoms with van der Waals surface area (Å²) in [5.41, 5.74) is 0.462. The van der Waals surface area contributed by atoms with Crippen LogP contribution in [0.5, 0.6) is 11.5 Å².